The van der Waals surface area contributed by atoms with Gasteiger partial charge in [0.05, 0.1) is 12.2 Å². The standard InChI is InChI=1S/C22H30F2N6O2/c1-4-28(5-2)12-8-7-11-25-21-26-13-15-14-30(22(32)29(6-3)20(15)27-21)17-10-9-16(23)19(31)18(17)24/h9-10,13,31H,4-8,11-12,14H2,1-3H3,(H,25,26,27). The van der Waals surface area contributed by atoms with Crippen molar-refractivity contribution < 1.29 is 18.7 Å². The van der Waals surface area contributed by atoms with E-state index in [0.29, 0.717) is 30.4 Å². The molecule has 0 saturated heterocycles. The zero-order valence-electron chi connectivity index (χ0n) is 18.7. The number of aromatic nitrogens is 2. The fourth-order valence-corrected chi connectivity index (χ4v) is 3.71. The van der Waals surface area contributed by atoms with Crippen molar-refractivity contribution in [1.29, 1.82) is 0 Å². The number of carbonyl (C=O) groups excluding carboxylic acids is 1. The highest BCUT2D eigenvalue weighted by Gasteiger charge is 2.34. The quantitative estimate of drug-likeness (QED) is 0.535. The zero-order chi connectivity index (χ0) is 23.3. The van der Waals surface area contributed by atoms with Crippen molar-refractivity contribution in [2.24, 2.45) is 0 Å². The molecule has 8 nitrogen and oxygen atoms in total. The van der Waals surface area contributed by atoms with E-state index in [9.17, 15) is 18.7 Å². The van der Waals surface area contributed by atoms with E-state index in [4.69, 9.17) is 0 Å². The minimum Gasteiger partial charge on any atom is -0.503 e. The second-order valence-electron chi connectivity index (χ2n) is 7.55. The van der Waals surface area contributed by atoms with Crippen molar-refractivity contribution >= 4 is 23.5 Å². The van der Waals surface area contributed by atoms with Crippen LogP contribution >= 0.6 is 0 Å². The normalized spacial score (nSPS) is 13.6. The number of aromatic hydroxyl groups is 1. The molecule has 0 saturated carbocycles. The number of fused-ring (bicyclic) bond motifs is 1. The van der Waals surface area contributed by atoms with Crippen LogP contribution in [0.4, 0.5) is 31.0 Å². The average molecular weight is 449 g/mol. The Bertz CT molecular complexity index is 954. The number of phenolic OH excluding ortho intramolecular Hbond substituents is 1. The van der Waals surface area contributed by atoms with Gasteiger partial charge in [0.1, 0.15) is 5.82 Å². The molecule has 2 heterocycles. The minimum atomic E-state index is -1.18. The number of carbonyl (C=O) groups is 1. The van der Waals surface area contributed by atoms with Crippen LogP contribution in [0.2, 0.25) is 0 Å². The van der Waals surface area contributed by atoms with Crippen molar-refractivity contribution in [2.75, 3.05) is 47.8 Å². The third kappa shape index (κ3) is 4.90. The third-order valence-electron chi connectivity index (χ3n) is 5.62. The molecule has 3 rings (SSSR count). The lowest BCUT2D eigenvalue weighted by Crippen LogP contribution is -2.48. The molecule has 174 valence electrons. The second-order valence-corrected chi connectivity index (χ2v) is 7.55. The first-order valence-corrected chi connectivity index (χ1v) is 11.0. The van der Waals surface area contributed by atoms with Gasteiger partial charge in [-0.15, -0.1) is 0 Å². The van der Waals surface area contributed by atoms with Crippen LogP contribution in [0.3, 0.4) is 0 Å². The van der Waals surface area contributed by atoms with Gasteiger partial charge in [-0.3, -0.25) is 9.80 Å². The predicted octanol–water partition coefficient (Wildman–Crippen LogP) is 3.96. The first-order valence-electron chi connectivity index (χ1n) is 11.0. The van der Waals surface area contributed by atoms with Gasteiger partial charge in [0.15, 0.2) is 17.4 Å². The molecule has 0 unspecified atom stereocenters. The van der Waals surface area contributed by atoms with Gasteiger partial charge >= 0.3 is 6.03 Å². The number of urea groups is 1. The summed E-state index contributed by atoms with van der Waals surface area (Å²) in [5, 5.41) is 12.8. The summed E-state index contributed by atoms with van der Waals surface area (Å²) >= 11 is 0. The van der Waals surface area contributed by atoms with Gasteiger partial charge < -0.3 is 15.3 Å². The SMILES string of the molecule is CCN(CC)CCCCNc1ncc2c(n1)N(CC)C(=O)N(c1ccc(F)c(O)c1F)C2. The maximum Gasteiger partial charge on any atom is 0.330 e. The van der Waals surface area contributed by atoms with Crippen LogP contribution in [0.25, 0.3) is 0 Å². The Hall–Kier alpha value is -3.01. The number of nitrogens with zero attached hydrogens (tertiary/aromatic N) is 5. The summed E-state index contributed by atoms with van der Waals surface area (Å²) in [4.78, 5) is 26.8. The summed E-state index contributed by atoms with van der Waals surface area (Å²) < 4.78 is 27.9. The van der Waals surface area contributed by atoms with Gasteiger partial charge in [-0.2, -0.15) is 4.98 Å². The van der Waals surface area contributed by atoms with Gasteiger partial charge in [0, 0.05) is 24.8 Å². The molecule has 0 radical (unpaired) electrons. The summed E-state index contributed by atoms with van der Waals surface area (Å²) in [6, 6.07) is 1.56. The Morgan fingerprint density at radius 2 is 1.94 bits per heavy atom. The molecule has 1 aromatic heterocycles. The molecule has 0 fully saturated rings. The third-order valence-corrected chi connectivity index (χ3v) is 5.62. The number of nitrogens with one attached hydrogen (secondary N) is 1. The number of anilines is 3. The Balaban J connectivity index is 1.72. The van der Waals surface area contributed by atoms with E-state index in [1.807, 2.05) is 0 Å². The molecule has 1 aliphatic heterocycles. The van der Waals surface area contributed by atoms with E-state index in [0.717, 1.165) is 49.5 Å². The number of amides is 2. The Morgan fingerprint density at radius 3 is 2.62 bits per heavy atom. The van der Waals surface area contributed by atoms with Gasteiger partial charge in [-0.05, 0) is 51.5 Å². The number of rotatable bonds is 10. The smallest absolute Gasteiger partial charge is 0.330 e. The lowest BCUT2D eigenvalue weighted by Gasteiger charge is -2.35. The van der Waals surface area contributed by atoms with Crippen molar-refractivity contribution in [3.8, 4) is 5.75 Å². The highest BCUT2D eigenvalue weighted by molar-refractivity contribution is 6.05. The number of phenols is 1. The van der Waals surface area contributed by atoms with Crippen molar-refractivity contribution in [3.63, 3.8) is 0 Å². The highest BCUT2D eigenvalue weighted by Crippen LogP contribution is 2.35. The molecular formula is C22H30F2N6O2. The molecule has 32 heavy (non-hydrogen) atoms. The largest absolute Gasteiger partial charge is 0.503 e. The zero-order valence-corrected chi connectivity index (χ0v) is 18.7. The number of hydrogen-bond donors (Lipinski definition) is 2. The molecule has 2 amide bonds. The van der Waals surface area contributed by atoms with Gasteiger partial charge in [-0.25, -0.2) is 18.6 Å². The van der Waals surface area contributed by atoms with Crippen LogP contribution < -0.4 is 15.1 Å². The molecule has 0 atom stereocenters. The number of unbranched alkanes of at least 4 members (excludes halogenated alkanes) is 1. The maximum absolute atomic E-state index is 14.4. The Kier molecular flexibility index (Phi) is 7.79. The van der Waals surface area contributed by atoms with Crippen molar-refractivity contribution in [3.05, 3.63) is 35.5 Å². The average Bonchev–Trinajstić information content (AvgIpc) is 2.80. The molecule has 0 spiro atoms. The van der Waals surface area contributed by atoms with Crippen molar-refractivity contribution in [2.45, 2.75) is 40.2 Å². The molecular weight excluding hydrogens is 418 g/mol. The number of halogens is 2. The Labute approximate surface area is 186 Å². The van der Waals surface area contributed by atoms with Gasteiger partial charge in [0.25, 0.3) is 0 Å². The molecule has 2 aromatic rings. The van der Waals surface area contributed by atoms with E-state index in [-0.39, 0.29) is 12.2 Å². The van der Waals surface area contributed by atoms with E-state index >= 15 is 0 Å². The van der Waals surface area contributed by atoms with Crippen LogP contribution in [-0.2, 0) is 6.54 Å². The topological polar surface area (TPSA) is 84.8 Å². The molecule has 0 aliphatic carbocycles. The van der Waals surface area contributed by atoms with Crippen LogP contribution in [0, 0.1) is 11.6 Å². The minimum absolute atomic E-state index is 0.0107. The molecule has 10 heteroatoms. The summed E-state index contributed by atoms with van der Waals surface area (Å²) in [6.45, 7) is 10.2. The molecule has 1 aliphatic rings. The lowest BCUT2D eigenvalue weighted by molar-refractivity contribution is 0.250. The molecule has 1 aromatic carbocycles. The van der Waals surface area contributed by atoms with E-state index in [1.54, 1.807) is 13.1 Å². The van der Waals surface area contributed by atoms with Crippen LogP contribution in [0.15, 0.2) is 18.3 Å². The maximum atomic E-state index is 14.4. The van der Waals surface area contributed by atoms with Crippen LogP contribution in [0.5, 0.6) is 5.75 Å². The van der Waals surface area contributed by atoms with Crippen LogP contribution in [0.1, 0.15) is 39.2 Å². The molecule has 2 N–H and O–H groups in total. The second kappa shape index (κ2) is 10.5. The fraction of sp³-hybridized carbons (Fsp3) is 0.500. The van der Waals surface area contributed by atoms with E-state index in [2.05, 4.69) is 34.0 Å². The summed E-state index contributed by atoms with van der Waals surface area (Å²) in [5.41, 5.74) is 0.426. The van der Waals surface area contributed by atoms with Crippen LogP contribution in [-0.4, -0.2) is 58.7 Å². The Morgan fingerprint density at radius 1 is 1.19 bits per heavy atom. The number of hydrogen-bond acceptors (Lipinski definition) is 6. The lowest BCUT2D eigenvalue weighted by atomic mass is 10.1. The first kappa shape index (κ1) is 23.6. The summed E-state index contributed by atoms with van der Waals surface area (Å²) in [7, 11) is 0. The molecule has 0 bridgehead atoms. The number of benzene rings is 1. The predicted molar refractivity (Wildman–Crippen MR) is 120 cm³/mol. The summed E-state index contributed by atoms with van der Waals surface area (Å²) in [5.74, 6) is -2.49. The highest BCUT2D eigenvalue weighted by atomic mass is 19.1. The first-order chi connectivity index (χ1) is 15.4. The van der Waals surface area contributed by atoms with Crippen molar-refractivity contribution in [1.82, 2.24) is 14.9 Å². The monoisotopic (exact) mass is 448 g/mol. The van der Waals surface area contributed by atoms with E-state index < -0.39 is 23.4 Å². The van der Waals surface area contributed by atoms with E-state index in [1.165, 1.54) is 4.90 Å². The summed E-state index contributed by atoms with van der Waals surface area (Å²) in [6.07, 6.45) is 3.63. The van der Waals surface area contributed by atoms with Gasteiger partial charge in [-0.1, -0.05) is 13.8 Å². The fourth-order valence-electron chi connectivity index (χ4n) is 3.71. The van der Waals surface area contributed by atoms with Gasteiger partial charge in [0.2, 0.25) is 5.95 Å².